The molecule has 0 aliphatic heterocycles. The molecule has 5 heteroatoms. The number of nitrogens with zero attached hydrogens (tertiary/aromatic N) is 1. The number of urea groups is 1. The van der Waals surface area contributed by atoms with Gasteiger partial charge in [0.25, 0.3) is 0 Å². The predicted octanol–water partition coefficient (Wildman–Crippen LogP) is 2.33. The summed E-state index contributed by atoms with van der Waals surface area (Å²) in [7, 11) is 1.69. The van der Waals surface area contributed by atoms with Crippen molar-refractivity contribution in [3.05, 3.63) is 34.3 Å². The average molecular weight is 327 g/mol. The van der Waals surface area contributed by atoms with Crippen LogP contribution in [0.3, 0.4) is 0 Å². The zero-order chi connectivity index (χ0) is 14.0. The molecule has 3 atom stereocenters. The lowest BCUT2D eigenvalue weighted by Gasteiger charge is -2.19. The molecule has 1 aliphatic carbocycles. The first kappa shape index (κ1) is 14.3. The minimum atomic E-state index is -0.503. The number of halogens is 1. The van der Waals surface area contributed by atoms with E-state index in [1.54, 1.807) is 14.0 Å². The van der Waals surface area contributed by atoms with Crippen molar-refractivity contribution in [3.63, 3.8) is 0 Å². The molecule has 2 rings (SSSR count). The van der Waals surface area contributed by atoms with E-state index in [0.29, 0.717) is 12.5 Å². The predicted molar refractivity (Wildman–Crippen MR) is 78.1 cm³/mol. The second kappa shape index (κ2) is 5.92. The summed E-state index contributed by atoms with van der Waals surface area (Å²) in [5.74, 6) is 0.414. The third kappa shape index (κ3) is 3.94. The highest BCUT2D eigenvalue weighted by atomic mass is 79.9. The van der Waals surface area contributed by atoms with Gasteiger partial charge in [0.05, 0.1) is 6.10 Å². The first-order chi connectivity index (χ1) is 8.97. The molecular weight excluding hydrogens is 308 g/mol. The van der Waals surface area contributed by atoms with Gasteiger partial charge >= 0.3 is 6.03 Å². The minimum absolute atomic E-state index is 0.120. The van der Waals surface area contributed by atoms with Crippen LogP contribution in [0, 0.1) is 0 Å². The summed E-state index contributed by atoms with van der Waals surface area (Å²) in [6.45, 7) is 2.02. The Bertz CT molecular complexity index is 447. The van der Waals surface area contributed by atoms with Gasteiger partial charge in [-0.3, -0.25) is 0 Å². The van der Waals surface area contributed by atoms with E-state index in [0.717, 1.165) is 10.9 Å². The number of likely N-dealkylation sites (N-methyl/N-ethyl adjacent to an activating group) is 1. The molecule has 1 fully saturated rings. The van der Waals surface area contributed by atoms with Gasteiger partial charge in [-0.1, -0.05) is 28.1 Å². The first-order valence-corrected chi connectivity index (χ1v) is 7.22. The SMILES string of the molecule is CC(O)CN(C)C(=O)NC1CC1c1ccc(Br)cc1. The van der Waals surface area contributed by atoms with Crippen molar-refractivity contribution in [1.29, 1.82) is 0 Å². The van der Waals surface area contributed by atoms with Gasteiger partial charge in [0.15, 0.2) is 0 Å². The molecule has 2 N–H and O–H groups in total. The maximum atomic E-state index is 11.9. The number of amides is 2. The average Bonchev–Trinajstić information content (AvgIpc) is 3.08. The van der Waals surface area contributed by atoms with Gasteiger partial charge in [0.2, 0.25) is 0 Å². The molecule has 3 unspecified atom stereocenters. The van der Waals surface area contributed by atoms with Crippen LogP contribution in [0.5, 0.6) is 0 Å². The van der Waals surface area contributed by atoms with Crippen molar-refractivity contribution in [2.24, 2.45) is 0 Å². The number of aliphatic hydroxyl groups is 1. The zero-order valence-electron chi connectivity index (χ0n) is 11.1. The number of hydrogen-bond acceptors (Lipinski definition) is 2. The summed E-state index contributed by atoms with van der Waals surface area (Å²) in [4.78, 5) is 13.4. The smallest absolute Gasteiger partial charge is 0.317 e. The quantitative estimate of drug-likeness (QED) is 0.892. The molecule has 0 spiro atoms. The van der Waals surface area contributed by atoms with E-state index in [1.807, 2.05) is 12.1 Å². The second-order valence-corrected chi connectivity index (χ2v) is 6.09. The fourth-order valence-corrected chi connectivity index (χ4v) is 2.45. The van der Waals surface area contributed by atoms with Gasteiger partial charge in [0.1, 0.15) is 0 Å². The molecule has 19 heavy (non-hydrogen) atoms. The van der Waals surface area contributed by atoms with E-state index in [2.05, 4.69) is 33.4 Å². The number of aliphatic hydroxyl groups excluding tert-OH is 1. The van der Waals surface area contributed by atoms with E-state index in [4.69, 9.17) is 0 Å². The fraction of sp³-hybridized carbons (Fsp3) is 0.500. The first-order valence-electron chi connectivity index (χ1n) is 6.42. The molecule has 0 saturated heterocycles. The third-order valence-corrected chi connectivity index (χ3v) is 3.81. The summed E-state index contributed by atoms with van der Waals surface area (Å²) in [5.41, 5.74) is 1.26. The monoisotopic (exact) mass is 326 g/mol. The molecule has 2 amide bonds. The van der Waals surface area contributed by atoms with Crippen LogP contribution < -0.4 is 5.32 Å². The van der Waals surface area contributed by atoms with Crippen LogP contribution >= 0.6 is 15.9 Å². The van der Waals surface area contributed by atoms with Gasteiger partial charge < -0.3 is 15.3 Å². The highest BCUT2D eigenvalue weighted by molar-refractivity contribution is 9.10. The fourth-order valence-electron chi connectivity index (χ4n) is 2.18. The third-order valence-electron chi connectivity index (χ3n) is 3.28. The number of carbonyl (C=O) groups is 1. The molecule has 0 bridgehead atoms. The number of carbonyl (C=O) groups excluding carboxylic acids is 1. The Hall–Kier alpha value is -1.07. The highest BCUT2D eigenvalue weighted by Gasteiger charge is 2.39. The van der Waals surface area contributed by atoms with Crippen molar-refractivity contribution >= 4 is 22.0 Å². The molecule has 1 aromatic rings. The normalized spacial score (nSPS) is 22.7. The molecule has 1 aromatic carbocycles. The number of rotatable bonds is 4. The lowest BCUT2D eigenvalue weighted by atomic mass is 10.1. The van der Waals surface area contributed by atoms with Crippen molar-refractivity contribution in [2.75, 3.05) is 13.6 Å². The summed E-state index contributed by atoms with van der Waals surface area (Å²) in [5, 5.41) is 12.2. The van der Waals surface area contributed by atoms with Crippen LogP contribution in [0.2, 0.25) is 0 Å². The molecule has 104 valence electrons. The lowest BCUT2D eigenvalue weighted by Crippen LogP contribution is -2.41. The number of hydrogen-bond donors (Lipinski definition) is 2. The maximum absolute atomic E-state index is 11.9. The van der Waals surface area contributed by atoms with E-state index >= 15 is 0 Å². The standard InChI is InChI=1S/C14H19BrN2O2/c1-9(18)8-17(2)14(19)16-13-7-12(13)10-3-5-11(15)6-4-10/h3-6,9,12-13,18H,7-8H2,1-2H3,(H,16,19). The zero-order valence-corrected chi connectivity index (χ0v) is 12.7. The summed E-state index contributed by atoms with van der Waals surface area (Å²) in [6, 6.07) is 8.30. The summed E-state index contributed by atoms with van der Waals surface area (Å²) < 4.78 is 1.06. The van der Waals surface area contributed by atoms with E-state index < -0.39 is 6.10 Å². The Morgan fingerprint density at radius 2 is 2.16 bits per heavy atom. The van der Waals surface area contributed by atoms with E-state index in [1.165, 1.54) is 10.5 Å². The van der Waals surface area contributed by atoms with Crippen LogP contribution in [-0.2, 0) is 0 Å². The van der Waals surface area contributed by atoms with Crippen molar-refractivity contribution in [2.45, 2.75) is 31.4 Å². The van der Waals surface area contributed by atoms with Crippen LogP contribution in [-0.4, -0.2) is 41.8 Å². The summed E-state index contributed by atoms with van der Waals surface area (Å²) in [6.07, 6.45) is 0.479. The van der Waals surface area contributed by atoms with Crippen LogP contribution in [0.25, 0.3) is 0 Å². The largest absolute Gasteiger partial charge is 0.392 e. The Morgan fingerprint density at radius 1 is 1.53 bits per heavy atom. The molecule has 1 aliphatic rings. The molecule has 4 nitrogen and oxygen atoms in total. The molecule has 0 radical (unpaired) electrons. The Labute approximate surface area is 121 Å². The second-order valence-electron chi connectivity index (χ2n) is 5.18. The van der Waals surface area contributed by atoms with Crippen LogP contribution in [0.15, 0.2) is 28.7 Å². The van der Waals surface area contributed by atoms with Crippen molar-refractivity contribution < 1.29 is 9.90 Å². The van der Waals surface area contributed by atoms with E-state index in [9.17, 15) is 9.90 Å². The van der Waals surface area contributed by atoms with Crippen molar-refractivity contribution in [1.82, 2.24) is 10.2 Å². The Balaban J connectivity index is 1.83. The lowest BCUT2D eigenvalue weighted by molar-refractivity contribution is 0.143. The van der Waals surface area contributed by atoms with Gasteiger partial charge in [-0.25, -0.2) is 4.79 Å². The topological polar surface area (TPSA) is 52.6 Å². The number of nitrogens with one attached hydrogen (secondary N) is 1. The highest BCUT2D eigenvalue weighted by Crippen LogP contribution is 2.41. The van der Waals surface area contributed by atoms with Crippen LogP contribution in [0.1, 0.15) is 24.8 Å². The Morgan fingerprint density at radius 3 is 2.74 bits per heavy atom. The van der Waals surface area contributed by atoms with Crippen LogP contribution in [0.4, 0.5) is 4.79 Å². The van der Waals surface area contributed by atoms with Gasteiger partial charge in [-0.05, 0) is 31.0 Å². The molecule has 0 heterocycles. The van der Waals surface area contributed by atoms with Gasteiger partial charge in [-0.2, -0.15) is 0 Å². The minimum Gasteiger partial charge on any atom is -0.392 e. The molecular formula is C14H19BrN2O2. The Kier molecular flexibility index (Phi) is 4.47. The van der Waals surface area contributed by atoms with E-state index in [-0.39, 0.29) is 12.1 Å². The summed E-state index contributed by atoms with van der Waals surface area (Å²) >= 11 is 3.41. The van der Waals surface area contributed by atoms with Gasteiger partial charge in [0, 0.05) is 30.0 Å². The van der Waals surface area contributed by atoms with Gasteiger partial charge in [-0.15, -0.1) is 0 Å². The number of benzene rings is 1. The molecule has 0 aromatic heterocycles. The van der Waals surface area contributed by atoms with Crippen molar-refractivity contribution in [3.8, 4) is 0 Å². The maximum Gasteiger partial charge on any atom is 0.317 e. The molecule has 1 saturated carbocycles.